The summed E-state index contributed by atoms with van der Waals surface area (Å²) in [6.07, 6.45) is 1.09. The zero-order valence-electron chi connectivity index (χ0n) is 9.44. The minimum atomic E-state index is -1.84. The van der Waals surface area contributed by atoms with Crippen molar-refractivity contribution < 1.29 is 14.6 Å². The minimum Gasteiger partial charge on any atom is -0.425 e. The minimum absolute atomic E-state index is 0.126. The van der Waals surface area contributed by atoms with Crippen LogP contribution in [0.2, 0.25) is 5.02 Å². The molecule has 5 heteroatoms. The maximum absolute atomic E-state index is 11.2. The highest BCUT2D eigenvalue weighted by Crippen LogP contribution is 2.36. The van der Waals surface area contributed by atoms with Gasteiger partial charge in [-0.3, -0.25) is 0 Å². The lowest BCUT2D eigenvalue weighted by Crippen LogP contribution is -2.32. The van der Waals surface area contributed by atoms with Crippen LogP contribution in [0.5, 0.6) is 0 Å². The summed E-state index contributed by atoms with van der Waals surface area (Å²) in [6, 6.07) is 4.78. The average Bonchev–Trinajstić information content (AvgIpc) is 2.28. The van der Waals surface area contributed by atoms with Gasteiger partial charge in [0.15, 0.2) is 0 Å². The standard InChI is InChI=1S/C12H14ClNO3/c1-3-10(15)17-12(16,4-2)11-8(13)6-5-7-9(11)14/h3,5-7,16H,1,4,14H2,2H3. The summed E-state index contributed by atoms with van der Waals surface area (Å²) in [4.78, 5) is 11.2. The Bertz CT molecular complexity index is 427. The van der Waals surface area contributed by atoms with Gasteiger partial charge >= 0.3 is 5.97 Å². The van der Waals surface area contributed by atoms with E-state index in [2.05, 4.69) is 6.58 Å². The van der Waals surface area contributed by atoms with Crippen LogP contribution in [0.4, 0.5) is 5.69 Å². The summed E-state index contributed by atoms with van der Waals surface area (Å²) < 4.78 is 4.92. The van der Waals surface area contributed by atoms with Gasteiger partial charge in [-0.15, -0.1) is 0 Å². The van der Waals surface area contributed by atoms with Crippen LogP contribution in [0.25, 0.3) is 0 Å². The van der Waals surface area contributed by atoms with Crippen molar-refractivity contribution in [2.24, 2.45) is 0 Å². The predicted molar refractivity (Wildman–Crippen MR) is 66.3 cm³/mol. The van der Waals surface area contributed by atoms with Gasteiger partial charge in [0.25, 0.3) is 0 Å². The van der Waals surface area contributed by atoms with Crippen molar-refractivity contribution >= 4 is 23.3 Å². The van der Waals surface area contributed by atoms with Gasteiger partial charge in [-0.2, -0.15) is 0 Å². The molecule has 0 aromatic heterocycles. The molecule has 1 rings (SSSR count). The zero-order chi connectivity index (χ0) is 13.1. The number of aliphatic hydroxyl groups is 1. The molecular formula is C12H14ClNO3. The number of halogens is 1. The SMILES string of the molecule is C=CC(=O)OC(O)(CC)c1c(N)cccc1Cl. The van der Waals surface area contributed by atoms with Crippen molar-refractivity contribution in [1.29, 1.82) is 0 Å². The monoisotopic (exact) mass is 255 g/mol. The van der Waals surface area contributed by atoms with Crippen molar-refractivity contribution in [2.45, 2.75) is 19.1 Å². The maximum atomic E-state index is 11.2. The molecule has 0 fully saturated rings. The molecule has 92 valence electrons. The Hall–Kier alpha value is -1.52. The molecule has 0 saturated carbocycles. The Morgan fingerprint density at radius 2 is 2.35 bits per heavy atom. The topological polar surface area (TPSA) is 72.5 Å². The van der Waals surface area contributed by atoms with Crippen LogP contribution in [0.3, 0.4) is 0 Å². The van der Waals surface area contributed by atoms with Crippen molar-refractivity contribution in [3.05, 3.63) is 41.4 Å². The first-order valence-corrected chi connectivity index (χ1v) is 5.44. The quantitative estimate of drug-likeness (QED) is 0.374. The van der Waals surface area contributed by atoms with Crippen LogP contribution in [0.15, 0.2) is 30.9 Å². The molecule has 3 N–H and O–H groups in total. The van der Waals surface area contributed by atoms with E-state index in [9.17, 15) is 9.90 Å². The number of rotatable bonds is 4. The molecule has 1 atom stereocenters. The van der Waals surface area contributed by atoms with Gasteiger partial charge in [-0.1, -0.05) is 31.2 Å². The Balaban J connectivity index is 3.24. The fraction of sp³-hybridized carbons (Fsp3) is 0.250. The van der Waals surface area contributed by atoms with E-state index in [1.54, 1.807) is 25.1 Å². The number of hydrogen-bond acceptors (Lipinski definition) is 4. The number of carbonyl (C=O) groups excluding carboxylic acids is 1. The van der Waals surface area contributed by atoms with Gasteiger partial charge in [-0.05, 0) is 12.1 Å². The second-order valence-corrected chi connectivity index (χ2v) is 3.87. The van der Waals surface area contributed by atoms with Crippen LogP contribution in [-0.4, -0.2) is 11.1 Å². The fourth-order valence-electron chi connectivity index (χ4n) is 1.46. The molecule has 1 unspecified atom stereocenters. The molecule has 0 amide bonds. The van der Waals surface area contributed by atoms with Gasteiger partial charge in [0, 0.05) is 18.2 Å². The number of nitrogens with two attached hydrogens (primary N) is 1. The molecule has 0 radical (unpaired) electrons. The third-order valence-electron chi connectivity index (χ3n) is 2.35. The lowest BCUT2D eigenvalue weighted by atomic mass is 10.0. The van der Waals surface area contributed by atoms with Crippen LogP contribution < -0.4 is 5.73 Å². The molecule has 1 aromatic rings. The number of benzene rings is 1. The van der Waals surface area contributed by atoms with E-state index >= 15 is 0 Å². The van der Waals surface area contributed by atoms with Crippen LogP contribution in [-0.2, 0) is 15.3 Å². The predicted octanol–water partition coefficient (Wildman–Crippen LogP) is 2.21. The van der Waals surface area contributed by atoms with Crippen molar-refractivity contribution in [1.82, 2.24) is 0 Å². The first-order valence-electron chi connectivity index (χ1n) is 5.07. The normalized spacial score (nSPS) is 13.8. The Kier molecular flexibility index (Phi) is 4.15. The van der Waals surface area contributed by atoms with E-state index in [1.165, 1.54) is 0 Å². The molecular weight excluding hydrogens is 242 g/mol. The highest BCUT2D eigenvalue weighted by atomic mass is 35.5. The summed E-state index contributed by atoms with van der Waals surface area (Å²) in [5.74, 6) is -2.58. The smallest absolute Gasteiger partial charge is 0.332 e. The van der Waals surface area contributed by atoms with Crippen molar-refractivity contribution in [3.63, 3.8) is 0 Å². The number of carbonyl (C=O) groups is 1. The van der Waals surface area contributed by atoms with E-state index in [0.29, 0.717) is 0 Å². The molecule has 4 nitrogen and oxygen atoms in total. The van der Waals surface area contributed by atoms with Crippen LogP contribution >= 0.6 is 11.6 Å². The number of anilines is 1. The fourth-order valence-corrected chi connectivity index (χ4v) is 1.79. The lowest BCUT2D eigenvalue weighted by molar-refractivity contribution is -0.211. The molecule has 0 spiro atoms. The number of esters is 1. The largest absolute Gasteiger partial charge is 0.425 e. The maximum Gasteiger partial charge on any atom is 0.332 e. The number of ether oxygens (including phenoxy) is 1. The van der Waals surface area contributed by atoms with Crippen molar-refractivity contribution in [3.8, 4) is 0 Å². The van der Waals surface area contributed by atoms with E-state index < -0.39 is 11.8 Å². The van der Waals surface area contributed by atoms with Crippen LogP contribution in [0.1, 0.15) is 18.9 Å². The van der Waals surface area contributed by atoms with Crippen molar-refractivity contribution in [2.75, 3.05) is 5.73 Å². The average molecular weight is 256 g/mol. The molecule has 0 aliphatic rings. The highest BCUT2D eigenvalue weighted by Gasteiger charge is 2.35. The first kappa shape index (κ1) is 13.5. The van der Waals surface area contributed by atoms with E-state index in [1.807, 2.05) is 0 Å². The molecule has 1 aromatic carbocycles. The third-order valence-corrected chi connectivity index (χ3v) is 2.67. The molecule has 17 heavy (non-hydrogen) atoms. The van der Waals surface area contributed by atoms with E-state index in [0.717, 1.165) is 6.08 Å². The lowest BCUT2D eigenvalue weighted by Gasteiger charge is -2.28. The summed E-state index contributed by atoms with van der Waals surface area (Å²) in [6.45, 7) is 4.92. The number of hydrogen-bond donors (Lipinski definition) is 2. The van der Waals surface area contributed by atoms with Gasteiger partial charge in [0.2, 0.25) is 5.79 Å². The summed E-state index contributed by atoms with van der Waals surface area (Å²) in [7, 11) is 0. The second kappa shape index (κ2) is 5.21. The van der Waals surface area contributed by atoms with Gasteiger partial charge in [0.1, 0.15) is 0 Å². The van der Waals surface area contributed by atoms with Crippen LogP contribution in [0, 0.1) is 0 Å². The highest BCUT2D eigenvalue weighted by molar-refractivity contribution is 6.31. The first-order chi connectivity index (χ1) is 7.94. The summed E-state index contributed by atoms with van der Waals surface area (Å²) in [5, 5.41) is 10.5. The molecule has 0 aliphatic heterocycles. The zero-order valence-corrected chi connectivity index (χ0v) is 10.2. The summed E-state index contributed by atoms with van der Waals surface area (Å²) >= 11 is 5.96. The molecule has 0 heterocycles. The van der Waals surface area contributed by atoms with Gasteiger partial charge < -0.3 is 15.6 Å². The summed E-state index contributed by atoms with van der Waals surface area (Å²) in [5.41, 5.74) is 6.20. The third kappa shape index (κ3) is 2.78. The van der Waals surface area contributed by atoms with E-state index in [4.69, 9.17) is 22.1 Å². The van der Waals surface area contributed by atoms with Gasteiger partial charge in [0.05, 0.1) is 10.6 Å². The molecule has 0 saturated heterocycles. The molecule has 0 aliphatic carbocycles. The Labute approximate surface area is 105 Å². The van der Waals surface area contributed by atoms with Gasteiger partial charge in [-0.25, -0.2) is 4.79 Å². The van der Waals surface area contributed by atoms with E-state index in [-0.39, 0.29) is 22.7 Å². The Morgan fingerprint density at radius 3 is 2.82 bits per heavy atom. The molecule has 0 bridgehead atoms. The number of nitrogen functional groups attached to an aromatic ring is 1. The second-order valence-electron chi connectivity index (χ2n) is 3.47. The Morgan fingerprint density at radius 1 is 1.71 bits per heavy atom.